The smallest absolute Gasteiger partial charge is 0.148 e. The Morgan fingerprint density at radius 3 is 1.89 bits per heavy atom. The molecule has 3 heterocycles. The molecule has 0 saturated carbocycles. The van der Waals surface area contributed by atoms with Crippen molar-refractivity contribution in [2.45, 2.75) is 117 Å². The van der Waals surface area contributed by atoms with Crippen LogP contribution in [-0.4, -0.2) is 27.7 Å². The van der Waals surface area contributed by atoms with E-state index in [-0.39, 0.29) is 32.1 Å². The number of benzene rings is 7. The van der Waals surface area contributed by atoms with Crippen molar-refractivity contribution in [2.24, 2.45) is 0 Å². The normalized spacial score (nSPS) is 18.3. The molecule has 0 radical (unpaired) electrons. The van der Waals surface area contributed by atoms with E-state index in [1.807, 2.05) is 108 Å². The molecule has 0 saturated heterocycles. The van der Waals surface area contributed by atoms with Crippen LogP contribution in [0.5, 0.6) is 5.75 Å². The number of nitrogens with zero attached hydrogens (tertiary/aromatic N) is 3. The molecule has 0 fully saturated rings. The summed E-state index contributed by atoms with van der Waals surface area (Å²) in [7, 11) is -1.96. The van der Waals surface area contributed by atoms with Crippen molar-refractivity contribution in [1.29, 1.82) is 0 Å². The monoisotopic (exact) mass is 1190 g/mol. The van der Waals surface area contributed by atoms with Crippen molar-refractivity contribution >= 4 is 35.6 Å². The van der Waals surface area contributed by atoms with Crippen LogP contribution in [0.4, 0.5) is 0 Å². The minimum Gasteiger partial charge on any atom is -0.507 e. The molecule has 378 valence electrons. The number of imidazole rings is 1. The number of fused-ring (bicyclic) bond motifs is 2. The molecule has 4 nitrogen and oxygen atoms in total. The molecule has 6 heteroatoms. The van der Waals surface area contributed by atoms with Gasteiger partial charge in [0, 0.05) is 68.8 Å². The minimum atomic E-state index is -4.15. The zero-order valence-corrected chi connectivity index (χ0v) is 46.0. The molecule has 1 aliphatic heterocycles. The molecule has 9 aromatic rings. The van der Waals surface area contributed by atoms with Crippen LogP contribution in [-0.2, 0) is 42.7 Å². The standard InChI is InChI=1S/C68H70N3OSi.Pt/c1-65(2,3)50-31-32-58(54(40-50)44-21-16-15-17-22-44)71-59-25-20-24-53(62(59)70-64(71)55-41-52(67(7,8)9)42-56(63(55)72)68(10,11)12)48-35-49(37-51(36-48)66(4,5)6)57-38-46(33-34-69-57)43-27-29-45(30-28-43)61-39-47-23-18-19-26-60(47)73(61,13)14;/h15-34,36-42,72H,1-14H3;/q-1;/i7D3,8D3,9D3,10D3,11D3,12D3;. The predicted molar refractivity (Wildman–Crippen MR) is 313 cm³/mol. The Hall–Kier alpha value is -6.39. The topological polar surface area (TPSA) is 50.9 Å². The molecule has 10 rings (SSSR count). The van der Waals surface area contributed by atoms with E-state index in [9.17, 15) is 5.11 Å². The first-order valence-corrected chi connectivity index (χ1v) is 27.5. The second-order valence-electron chi connectivity index (χ2n) is 21.9. The SMILES string of the molecule is [2H]C([2H])([2H])C(c1cc(-c2nc3c(-c4[c-]c(-c5cc(-c6ccc(C7=Cc8ccccc8[Si]7(C)C)cc6)ccn5)cc(C(C)(C)C)c4)cccc3n2-c2ccc(C(C)(C)C)cc2-c2ccccc2)c(O)c(C(C([2H])([2H])[2H])(C([2H])([2H])[2H])C([2H])([2H])[2H])c1)(C([2H])([2H])[2H])C([2H])([2H])[2H].[Pt]. The summed E-state index contributed by atoms with van der Waals surface area (Å²) in [5.41, 5.74) is -2.57. The van der Waals surface area contributed by atoms with Crippen LogP contribution in [0.15, 0.2) is 158 Å². The van der Waals surface area contributed by atoms with Gasteiger partial charge >= 0.3 is 0 Å². The number of phenols is 1. The third-order valence-corrected chi connectivity index (χ3v) is 17.8. The number of hydrogen-bond donors (Lipinski definition) is 1. The Labute approximate surface area is 481 Å². The summed E-state index contributed by atoms with van der Waals surface area (Å²) in [4.78, 5) is 10.1. The number of pyridine rings is 1. The molecule has 74 heavy (non-hydrogen) atoms. The molecule has 1 N–H and O–H groups in total. The maximum atomic E-state index is 13.2. The van der Waals surface area contributed by atoms with Gasteiger partial charge in [0.15, 0.2) is 0 Å². The fourth-order valence-corrected chi connectivity index (χ4v) is 13.2. The molecule has 0 aliphatic carbocycles. The molecular formula is C68H70N3OPtSi-. The summed E-state index contributed by atoms with van der Waals surface area (Å²) in [6, 6.07) is 49.6. The minimum absolute atomic E-state index is 0. The Bertz CT molecular complexity index is 4260. The van der Waals surface area contributed by atoms with E-state index >= 15 is 0 Å². The third kappa shape index (κ3) is 9.75. The maximum Gasteiger partial charge on any atom is 0.148 e. The summed E-state index contributed by atoms with van der Waals surface area (Å²) < 4.78 is 161. The Morgan fingerprint density at radius 1 is 0.554 bits per heavy atom. The molecule has 1 aliphatic rings. The van der Waals surface area contributed by atoms with Crippen LogP contribution in [0.1, 0.15) is 141 Å². The van der Waals surface area contributed by atoms with Gasteiger partial charge in [-0.25, -0.2) is 4.98 Å². The molecular weight excluding hydrogens is 1100 g/mol. The van der Waals surface area contributed by atoms with Gasteiger partial charge in [-0.15, -0.1) is 29.3 Å². The van der Waals surface area contributed by atoms with E-state index in [0.29, 0.717) is 45.3 Å². The van der Waals surface area contributed by atoms with Gasteiger partial charge in [-0.2, -0.15) is 0 Å². The fraction of sp³-hybridized carbons (Fsp3) is 0.265. The van der Waals surface area contributed by atoms with Gasteiger partial charge in [-0.1, -0.05) is 222 Å². The van der Waals surface area contributed by atoms with E-state index in [1.165, 1.54) is 20.5 Å². The van der Waals surface area contributed by atoms with E-state index in [1.54, 1.807) is 30.5 Å². The molecule has 0 amide bonds. The summed E-state index contributed by atoms with van der Waals surface area (Å²) >= 11 is 0. The van der Waals surface area contributed by atoms with Crippen LogP contribution in [0.2, 0.25) is 13.1 Å². The summed E-state index contributed by atoms with van der Waals surface area (Å²) in [5, 5.41) is 15.9. The van der Waals surface area contributed by atoms with E-state index < -0.39 is 99.1 Å². The molecule has 2 aromatic heterocycles. The van der Waals surface area contributed by atoms with Crippen LogP contribution in [0, 0.1) is 6.07 Å². The second kappa shape index (κ2) is 19.1. The average Bonchev–Trinajstić information content (AvgIpc) is 0.722. The number of para-hydroxylation sites is 1. The quantitative estimate of drug-likeness (QED) is 0.128. The molecule has 0 bridgehead atoms. The summed E-state index contributed by atoms with van der Waals surface area (Å²) in [5.74, 6) is -1.77. The first-order valence-electron chi connectivity index (χ1n) is 33.5. The molecule has 0 spiro atoms. The van der Waals surface area contributed by atoms with E-state index in [4.69, 9.17) is 34.6 Å². The zero-order valence-electron chi connectivity index (χ0n) is 60.7. The van der Waals surface area contributed by atoms with E-state index in [2.05, 4.69) is 73.8 Å². The number of phenolic OH excluding ortho intramolecular Hbond substituents is 1. The molecule has 0 unspecified atom stereocenters. The van der Waals surface area contributed by atoms with Crippen molar-refractivity contribution in [3.8, 4) is 67.5 Å². The van der Waals surface area contributed by atoms with Crippen LogP contribution >= 0.6 is 0 Å². The number of aromatic hydroxyl groups is 1. The van der Waals surface area contributed by atoms with Gasteiger partial charge in [0.25, 0.3) is 0 Å². The zero-order chi connectivity index (χ0) is 67.0. The number of aromatic nitrogens is 3. The van der Waals surface area contributed by atoms with Crippen molar-refractivity contribution in [2.75, 3.05) is 0 Å². The fourth-order valence-electron chi connectivity index (χ4n) is 10.1. The number of rotatable bonds is 7. The largest absolute Gasteiger partial charge is 0.507 e. The first-order chi connectivity index (χ1) is 41.9. The third-order valence-electron chi connectivity index (χ3n) is 14.3. The molecule has 7 aromatic carbocycles. The average molecular weight is 1190 g/mol. The van der Waals surface area contributed by atoms with Gasteiger partial charge in [-0.3, -0.25) is 9.55 Å². The van der Waals surface area contributed by atoms with Gasteiger partial charge in [0.2, 0.25) is 0 Å². The maximum absolute atomic E-state index is 13.2. The van der Waals surface area contributed by atoms with Gasteiger partial charge in [0.05, 0.1) is 22.3 Å². The van der Waals surface area contributed by atoms with E-state index in [0.717, 1.165) is 33.9 Å². The van der Waals surface area contributed by atoms with Crippen molar-refractivity contribution in [3.63, 3.8) is 0 Å². The van der Waals surface area contributed by atoms with Crippen LogP contribution < -0.4 is 5.19 Å². The Kier molecular flexibility index (Phi) is 8.82. The second-order valence-corrected chi connectivity index (χ2v) is 26.3. The Balaban J connectivity index is 0.00001000. The van der Waals surface area contributed by atoms with Crippen molar-refractivity contribution in [3.05, 3.63) is 197 Å². The van der Waals surface area contributed by atoms with Gasteiger partial charge in [0.1, 0.15) is 19.6 Å². The summed E-state index contributed by atoms with van der Waals surface area (Å²) in [6.45, 7) is -7.66. The van der Waals surface area contributed by atoms with Gasteiger partial charge in [-0.05, 0) is 101 Å². The predicted octanol–water partition coefficient (Wildman–Crippen LogP) is 17.5. The van der Waals surface area contributed by atoms with Crippen molar-refractivity contribution in [1.82, 2.24) is 14.5 Å². The Morgan fingerprint density at radius 2 is 1.20 bits per heavy atom. The van der Waals surface area contributed by atoms with Gasteiger partial charge < -0.3 is 5.11 Å². The van der Waals surface area contributed by atoms with Crippen molar-refractivity contribution < 1.29 is 50.8 Å². The molecule has 0 atom stereocenters. The van der Waals surface area contributed by atoms with Crippen LogP contribution in [0.3, 0.4) is 0 Å². The number of hydrogen-bond acceptors (Lipinski definition) is 3. The first kappa shape index (κ1) is 34.2. The summed E-state index contributed by atoms with van der Waals surface area (Å²) in [6.07, 6.45) is 4.04. The van der Waals surface area contributed by atoms with Crippen LogP contribution in [0.25, 0.3) is 84.0 Å².